The molecule has 1 saturated heterocycles. The van der Waals surface area contributed by atoms with Crippen LogP contribution in [0.25, 0.3) is 0 Å². The quantitative estimate of drug-likeness (QED) is 0.862. The van der Waals surface area contributed by atoms with Crippen molar-refractivity contribution >= 4 is 6.09 Å². The van der Waals surface area contributed by atoms with E-state index in [9.17, 15) is 4.79 Å². The predicted octanol–water partition coefficient (Wildman–Crippen LogP) is 2.86. The third kappa shape index (κ3) is 4.97. The zero-order valence-corrected chi connectivity index (χ0v) is 14.9. The van der Waals surface area contributed by atoms with E-state index in [0.29, 0.717) is 25.5 Å². The van der Waals surface area contributed by atoms with Gasteiger partial charge in [0.15, 0.2) is 0 Å². The van der Waals surface area contributed by atoms with Crippen LogP contribution >= 0.6 is 0 Å². The minimum atomic E-state index is -0.456. The molecule has 26 heavy (non-hydrogen) atoms. The van der Waals surface area contributed by atoms with Gasteiger partial charge in [-0.1, -0.05) is 30.3 Å². The van der Waals surface area contributed by atoms with Gasteiger partial charge in [-0.3, -0.25) is 4.90 Å². The molecule has 0 radical (unpaired) electrons. The normalized spacial score (nSPS) is 15.9. The van der Waals surface area contributed by atoms with Crippen molar-refractivity contribution in [3.63, 3.8) is 0 Å². The molecule has 0 aromatic heterocycles. The van der Waals surface area contributed by atoms with Crippen molar-refractivity contribution in [2.24, 2.45) is 0 Å². The van der Waals surface area contributed by atoms with Crippen LogP contribution in [0.4, 0.5) is 4.79 Å². The van der Waals surface area contributed by atoms with Crippen molar-refractivity contribution < 1.29 is 19.0 Å². The van der Waals surface area contributed by atoms with Gasteiger partial charge in [0, 0.05) is 19.6 Å². The molecule has 2 aromatic rings. The van der Waals surface area contributed by atoms with Crippen LogP contribution in [-0.2, 0) is 4.74 Å². The van der Waals surface area contributed by atoms with Gasteiger partial charge in [-0.15, -0.1) is 0 Å². The number of hydrogen-bond acceptors (Lipinski definition) is 5. The largest absolute Gasteiger partial charge is 0.497 e. The minimum Gasteiger partial charge on any atom is -0.497 e. The first-order valence-corrected chi connectivity index (χ1v) is 8.73. The summed E-state index contributed by atoms with van der Waals surface area (Å²) >= 11 is 0. The van der Waals surface area contributed by atoms with Gasteiger partial charge in [0.25, 0.3) is 0 Å². The molecule has 6 heteroatoms. The molecule has 0 saturated carbocycles. The molecule has 6 nitrogen and oxygen atoms in total. The molecular weight excluding hydrogens is 332 g/mol. The Balaban J connectivity index is 1.65. The molecule has 2 aromatic carbocycles. The van der Waals surface area contributed by atoms with E-state index in [1.54, 1.807) is 19.2 Å². The average Bonchev–Trinajstić information content (AvgIpc) is 2.70. The summed E-state index contributed by atoms with van der Waals surface area (Å²) in [6, 6.07) is 17.0. The van der Waals surface area contributed by atoms with E-state index in [2.05, 4.69) is 10.2 Å². The topological polar surface area (TPSA) is 60.0 Å². The number of carbonyl (C=O) groups is 1. The lowest BCUT2D eigenvalue weighted by atomic mass is 10.0. The molecule has 1 amide bonds. The van der Waals surface area contributed by atoms with Crippen LogP contribution in [0.15, 0.2) is 54.6 Å². The highest BCUT2D eigenvalue weighted by atomic mass is 16.6. The van der Waals surface area contributed by atoms with Crippen molar-refractivity contribution in [1.82, 2.24) is 10.2 Å². The summed E-state index contributed by atoms with van der Waals surface area (Å²) in [4.78, 5) is 14.4. The average molecular weight is 356 g/mol. The highest BCUT2D eigenvalue weighted by molar-refractivity contribution is 5.70. The lowest BCUT2D eigenvalue weighted by Gasteiger charge is -2.34. The third-order valence-electron chi connectivity index (χ3n) is 4.38. The number of benzene rings is 2. The molecule has 1 atom stereocenters. The maximum absolute atomic E-state index is 12.1. The van der Waals surface area contributed by atoms with Crippen molar-refractivity contribution in [3.8, 4) is 11.5 Å². The fraction of sp³-hybridized carbons (Fsp3) is 0.350. The number of para-hydroxylation sites is 1. The summed E-state index contributed by atoms with van der Waals surface area (Å²) in [6.07, 6.45) is -0.456. The first-order chi connectivity index (χ1) is 12.8. The minimum absolute atomic E-state index is 0.0492. The highest BCUT2D eigenvalue weighted by Gasteiger charge is 2.23. The van der Waals surface area contributed by atoms with Crippen LogP contribution in [0.1, 0.15) is 11.6 Å². The maximum atomic E-state index is 12.1. The second-order valence-electron chi connectivity index (χ2n) is 6.02. The maximum Gasteiger partial charge on any atom is 0.412 e. The number of hydrogen-bond donors (Lipinski definition) is 1. The summed E-state index contributed by atoms with van der Waals surface area (Å²) in [7, 11) is 1.65. The Hall–Kier alpha value is -2.57. The van der Waals surface area contributed by atoms with Gasteiger partial charge in [-0.05, 0) is 29.8 Å². The Labute approximate surface area is 153 Å². The van der Waals surface area contributed by atoms with Gasteiger partial charge in [0.2, 0.25) is 0 Å². The molecule has 138 valence electrons. The molecule has 1 aliphatic heterocycles. The molecule has 3 rings (SSSR count). The van der Waals surface area contributed by atoms with Crippen LogP contribution in [0.5, 0.6) is 11.5 Å². The van der Waals surface area contributed by atoms with Gasteiger partial charge >= 0.3 is 6.09 Å². The number of ether oxygens (including phenoxy) is 3. The van der Waals surface area contributed by atoms with E-state index in [-0.39, 0.29) is 6.04 Å². The summed E-state index contributed by atoms with van der Waals surface area (Å²) in [5.41, 5.74) is 1.12. The van der Waals surface area contributed by atoms with Gasteiger partial charge < -0.3 is 19.5 Å². The van der Waals surface area contributed by atoms with Crippen molar-refractivity contribution in [1.29, 1.82) is 0 Å². The second-order valence-corrected chi connectivity index (χ2v) is 6.02. The molecule has 1 fully saturated rings. The van der Waals surface area contributed by atoms with Crippen LogP contribution in [0, 0.1) is 0 Å². The van der Waals surface area contributed by atoms with Crippen molar-refractivity contribution in [3.05, 3.63) is 60.2 Å². The SMILES string of the molecule is COc1ccc(C(CNC(=O)Oc2ccccc2)N2CCOCC2)cc1. The monoisotopic (exact) mass is 356 g/mol. The third-order valence-corrected chi connectivity index (χ3v) is 4.38. The summed E-state index contributed by atoms with van der Waals surface area (Å²) in [5, 5.41) is 2.88. The Bertz CT molecular complexity index is 685. The van der Waals surface area contributed by atoms with Crippen LogP contribution in [0.3, 0.4) is 0 Å². The molecule has 0 bridgehead atoms. The molecule has 0 spiro atoms. The fourth-order valence-electron chi connectivity index (χ4n) is 2.98. The Kier molecular flexibility index (Phi) is 6.46. The first kappa shape index (κ1) is 18.2. The van der Waals surface area contributed by atoms with E-state index < -0.39 is 6.09 Å². The Morgan fingerprint density at radius 1 is 1.08 bits per heavy atom. The van der Waals surface area contributed by atoms with E-state index >= 15 is 0 Å². The van der Waals surface area contributed by atoms with Gasteiger partial charge in [-0.25, -0.2) is 4.79 Å². The summed E-state index contributed by atoms with van der Waals surface area (Å²) in [5.74, 6) is 1.34. The second kappa shape index (κ2) is 9.22. The number of amides is 1. The van der Waals surface area contributed by atoms with Crippen molar-refractivity contribution in [2.45, 2.75) is 6.04 Å². The van der Waals surface area contributed by atoms with Gasteiger partial charge in [0.1, 0.15) is 11.5 Å². The highest BCUT2D eigenvalue weighted by Crippen LogP contribution is 2.23. The number of morpholine rings is 1. The van der Waals surface area contributed by atoms with Crippen LogP contribution in [-0.4, -0.2) is 51.0 Å². The van der Waals surface area contributed by atoms with Gasteiger partial charge in [0.05, 0.1) is 26.4 Å². The zero-order chi connectivity index (χ0) is 18.2. The van der Waals surface area contributed by atoms with Crippen LogP contribution in [0.2, 0.25) is 0 Å². The zero-order valence-electron chi connectivity index (χ0n) is 14.9. The molecule has 1 heterocycles. The molecule has 1 unspecified atom stereocenters. The van der Waals surface area contributed by atoms with Gasteiger partial charge in [-0.2, -0.15) is 0 Å². The molecule has 1 N–H and O–H groups in total. The first-order valence-electron chi connectivity index (χ1n) is 8.73. The van der Waals surface area contributed by atoms with E-state index in [0.717, 1.165) is 24.4 Å². The Morgan fingerprint density at radius 2 is 1.77 bits per heavy atom. The fourth-order valence-corrected chi connectivity index (χ4v) is 2.98. The van der Waals surface area contributed by atoms with E-state index in [4.69, 9.17) is 14.2 Å². The number of nitrogens with zero attached hydrogens (tertiary/aromatic N) is 1. The van der Waals surface area contributed by atoms with E-state index in [1.807, 2.05) is 42.5 Å². The Morgan fingerprint density at radius 3 is 2.42 bits per heavy atom. The predicted molar refractivity (Wildman–Crippen MR) is 98.6 cm³/mol. The van der Waals surface area contributed by atoms with Crippen LogP contribution < -0.4 is 14.8 Å². The summed E-state index contributed by atoms with van der Waals surface area (Å²) in [6.45, 7) is 3.50. The molecule has 1 aliphatic rings. The number of carbonyl (C=O) groups excluding carboxylic acids is 1. The standard InChI is InChI=1S/C20H24N2O4/c1-24-17-9-7-16(8-10-17)19(22-11-13-25-14-12-22)15-21-20(23)26-18-5-3-2-4-6-18/h2-10,19H,11-15H2,1H3,(H,21,23). The molecular formula is C20H24N2O4. The summed E-state index contributed by atoms with van der Waals surface area (Å²) < 4.78 is 16.0. The smallest absolute Gasteiger partial charge is 0.412 e. The lowest BCUT2D eigenvalue weighted by molar-refractivity contribution is 0.0164. The molecule has 0 aliphatic carbocycles. The van der Waals surface area contributed by atoms with Crippen molar-refractivity contribution in [2.75, 3.05) is 40.0 Å². The van der Waals surface area contributed by atoms with E-state index in [1.165, 1.54) is 0 Å². The number of rotatable bonds is 6. The lowest BCUT2D eigenvalue weighted by Crippen LogP contribution is -2.44. The number of nitrogens with one attached hydrogen (secondary N) is 1. The number of methoxy groups -OCH3 is 1.